The van der Waals surface area contributed by atoms with Crippen LogP contribution in [0.15, 0.2) is 28.7 Å². The Morgan fingerprint density at radius 3 is 2.70 bits per heavy atom. The highest BCUT2D eigenvalue weighted by molar-refractivity contribution is 6.06. The highest BCUT2D eigenvalue weighted by Gasteiger charge is 2.21. The quantitative estimate of drug-likeness (QED) is 0.500. The molecule has 0 saturated heterocycles. The van der Waals surface area contributed by atoms with E-state index in [9.17, 15) is 4.79 Å². The zero-order valence-corrected chi connectivity index (χ0v) is 12.0. The number of fused-ring (bicyclic) bond motifs is 1. The first-order valence-electron chi connectivity index (χ1n) is 6.67. The van der Waals surface area contributed by atoms with Crippen LogP contribution in [0.5, 0.6) is 0 Å². The molecule has 1 unspecified atom stereocenters. The van der Waals surface area contributed by atoms with Gasteiger partial charge in [-0.3, -0.25) is 10.2 Å². The topological polar surface area (TPSA) is 77.5 Å². The van der Waals surface area contributed by atoms with Crippen LogP contribution in [0.4, 0.5) is 0 Å². The van der Waals surface area contributed by atoms with Crippen molar-refractivity contribution in [3.63, 3.8) is 0 Å². The molecule has 5 nitrogen and oxygen atoms in total. The molecule has 20 heavy (non-hydrogen) atoms. The van der Waals surface area contributed by atoms with E-state index >= 15 is 0 Å². The molecule has 0 spiro atoms. The van der Waals surface area contributed by atoms with Crippen LogP contribution in [-0.2, 0) is 11.3 Å². The van der Waals surface area contributed by atoms with Gasteiger partial charge in [-0.2, -0.15) is 0 Å². The van der Waals surface area contributed by atoms with Crippen LogP contribution in [0.2, 0.25) is 0 Å². The molecule has 1 amide bonds. The van der Waals surface area contributed by atoms with E-state index < -0.39 is 0 Å². The molecule has 108 valence electrons. The van der Waals surface area contributed by atoms with Crippen LogP contribution in [0.1, 0.15) is 36.9 Å². The molecule has 3 N–H and O–H groups in total. The second-order valence-electron chi connectivity index (χ2n) is 5.13. The summed E-state index contributed by atoms with van der Waals surface area (Å²) in [5, 5.41) is 0.742. The molecule has 0 bridgehead atoms. The van der Waals surface area contributed by atoms with E-state index in [1.165, 1.54) is 0 Å². The lowest BCUT2D eigenvalue weighted by atomic mass is 10.1. The average Bonchev–Trinajstić information content (AvgIpc) is 2.82. The standard InChI is InChI=1S/C15H20N2O3/c1-9(2)10(3)19-8-13-14(15(18)17-16)11-6-4-5-7-12(11)20-13/h4-7,9-10H,8,16H2,1-3H3,(H,17,18). The van der Waals surface area contributed by atoms with E-state index in [4.69, 9.17) is 15.0 Å². The highest BCUT2D eigenvalue weighted by atomic mass is 16.5. The van der Waals surface area contributed by atoms with Gasteiger partial charge < -0.3 is 9.15 Å². The number of ether oxygens (including phenoxy) is 1. The van der Waals surface area contributed by atoms with Crippen LogP contribution >= 0.6 is 0 Å². The molecule has 0 fully saturated rings. The van der Waals surface area contributed by atoms with E-state index in [1.54, 1.807) is 0 Å². The van der Waals surface area contributed by atoms with Gasteiger partial charge in [0.25, 0.3) is 5.91 Å². The Morgan fingerprint density at radius 2 is 2.05 bits per heavy atom. The molecule has 0 aliphatic rings. The third kappa shape index (κ3) is 2.84. The van der Waals surface area contributed by atoms with E-state index in [0.29, 0.717) is 22.8 Å². The summed E-state index contributed by atoms with van der Waals surface area (Å²) in [5.74, 6) is 5.77. The fourth-order valence-electron chi connectivity index (χ4n) is 1.92. The molecule has 1 aromatic carbocycles. The minimum atomic E-state index is -0.370. The number of hydrazine groups is 1. The molecule has 0 saturated carbocycles. The first-order valence-corrected chi connectivity index (χ1v) is 6.67. The van der Waals surface area contributed by atoms with Crippen molar-refractivity contribution in [2.24, 2.45) is 11.8 Å². The Kier molecular flexibility index (Phi) is 4.42. The molecular weight excluding hydrogens is 256 g/mol. The molecule has 1 atom stereocenters. The number of carbonyl (C=O) groups excluding carboxylic acids is 1. The van der Waals surface area contributed by atoms with Gasteiger partial charge in [0.2, 0.25) is 0 Å². The fourth-order valence-corrected chi connectivity index (χ4v) is 1.92. The van der Waals surface area contributed by atoms with Crippen molar-refractivity contribution < 1.29 is 13.9 Å². The third-order valence-electron chi connectivity index (χ3n) is 3.44. The van der Waals surface area contributed by atoms with Crippen molar-refractivity contribution in [3.8, 4) is 0 Å². The van der Waals surface area contributed by atoms with Gasteiger partial charge in [-0.25, -0.2) is 5.84 Å². The summed E-state index contributed by atoms with van der Waals surface area (Å²) in [7, 11) is 0. The van der Waals surface area contributed by atoms with Crippen LogP contribution in [0, 0.1) is 5.92 Å². The number of benzene rings is 1. The maximum Gasteiger partial charge on any atom is 0.269 e. The summed E-state index contributed by atoms with van der Waals surface area (Å²) in [6, 6.07) is 7.36. The van der Waals surface area contributed by atoms with Crippen molar-refractivity contribution in [1.29, 1.82) is 0 Å². The van der Waals surface area contributed by atoms with E-state index in [1.807, 2.05) is 31.2 Å². The second kappa shape index (κ2) is 6.07. The highest BCUT2D eigenvalue weighted by Crippen LogP contribution is 2.27. The van der Waals surface area contributed by atoms with Gasteiger partial charge in [-0.05, 0) is 18.9 Å². The predicted octanol–water partition coefficient (Wildman–Crippen LogP) is 2.60. The number of carbonyl (C=O) groups is 1. The van der Waals surface area contributed by atoms with Crippen LogP contribution in [0.3, 0.4) is 0 Å². The maximum atomic E-state index is 11.9. The van der Waals surface area contributed by atoms with Gasteiger partial charge in [0.1, 0.15) is 18.0 Å². The zero-order valence-electron chi connectivity index (χ0n) is 12.0. The lowest BCUT2D eigenvalue weighted by Gasteiger charge is -2.15. The molecule has 5 heteroatoms. The summed E-state index contributed by atoms with van der Waals surface area (Å²) < 4.78 is 11.5. The second-order valence-corrected chi connectivity index (χ2v) is 5.13. The smallest absolute Gasteiger partial charge is 0.269 e. The normalized spacial score (nSPS) is 12.8. The average molecular weight is 276 g/mol. The van der Waals surface area contributed by atoms with Gasteiger partial charge in [-0.15, -0.1) is 0 Å². The summed E-state index contributed by atoms with van der Waals surface area (Å²) in [6.07, 6.45) is 0.0806. The van der Waals surface area contributed by atoms with Gasteiger partial charge in [0, 0.05) is 5.39 Å². The molecular formula is C15H20N2O3. The summed E-state index contributed by atoms with van der Waals surface area (Å²) in [4.78, 5) is 11.9. The Morgan fingerprint density at radius 1 is 1.35 bits per heavy atom. The van der Waals surface area contributed by atoms with Crippen molar-refractivity contribution in [2.45, 2.75) is 33.5 Å². The summed E-state index contributed by atoms with van der Waals surface area (Å²) >= 11 is 0. The lowest BCUT2D eigenvalue weighted by molar-refractivity contribution is 0.0151. The Hall–Kier alpha value is -1.85. The van der Waals surface area contributed by atoms with Gasteiger partial charge in [0.15, 0.2) is 0 Å². The predicted molar refractivity (Wildman–Crippen MR) is 77.0 cm³/mol. The van der Waals surface area contributed by atoms with Gasteiger partial charge in [-0.1, -0.05) is 32.0 Å². The monoisotopic (exact) mass is 276 g/mol. The number of hydrogen-bond acceptors (Lipinski definition) is 4. The molecule has 0 radical (unpaired) electrons. The number of rotatable bonds is 5. The van der Waals surface area contributed by atoms with Gasteiger partial charge >= 0.3 is 0 Å². The maximum absolute atomic E-state index is 11.9. The summed E-state index contributed by atoms with van der Waals surface area (Å²) in [5.41, 5.74) is 3.25. The first kappa shape index (κ1) is 14.6. The Labute approximate surface area is 118 Å². The van der Waals surface area contributed by atoms with Crippen molar-refractivity contribution in [2.75, 3.05) is 0 Å². The Bertz CT molecular complexity index is 604. The number of nitrogen functional groups attached to an aromatic ring is 1. The zero-order chi connectivity index (χ0) is 14.7. The number of amides is 1. The molecule has 2 aromatic rings. The Balaban J connectivity index is 2.34. The largest absolute Gasteiger partial charge is 0.458 e. The number of hydrogen-bond donors (Lipinski definition) is 2. The molecule has 2 rings (SSSR count). The van der Waals surface area contributed by atoms with Crippen molar-refractivity contribution in [1.82, 2.24) is 5.43 Å². The van der Waals surface area contributed by atoms with Crippen LogP contribution in [0.25, 0.3) is 11.0 Å². The van der Waals surface area contributed by atoms with Crippen LogP contribution in [-0.4, -0.2) is 12.0 Å². The molecule has 1 heterocycles. The first-order chi connectivity index (χ1) is 9.54. The van der Waals surface area contributed by atoms with E-state index in [-0.39, 0.29) is 18.6 Å². The van der Waals surface area contributed by atoms with Crippen molar-refractivity contribution >= 4 is 16.9 Å². The number of nitrogens with one attached hydrogen (secondary N) is 1. The number of furan rings is 1. The summed E-state index contributed by atoms with van der Waals surface area (Å²) in [6.45, 7) is 6.40. The van der Waals surface area contributed by atoms with Gasteiger partial charge in [0.05, 0.1) is 11.7 Å². The van der Waals surface area contributed by atoms with Crippen molar-refractivity contribution in [3.05, 3.63) is 35.6 Å². The third-order valence-corrected chi connectivity index (χ3v) is 3.44. The number of para-hydroxylation sites is 1. The molecule has 0 aliphatic heterocycles. The minimum Gasteiger partial charge on any atom is -0.458 e. The van der Waals surface area contributed by atoms with E-state index in [2.05, 4.69) is 19.3 Å². The number of nitrogens with two attached hydrogens (primary N) is 1. The van der Waals surface area contributed by atoms with Crippen LogP contribution < -0.4 is 11.3 Å². The van der Waals surface area contributed by atoms with E-state index in [0.717, 1.165) is 5.39 Å². The fraction of sp³-hybridized carbons (Fsp3) is 0.400. The minimum absolute atomic E-state index is 0.0806. The molecule has 1 aromatic heterocycles. The SMILES string of the molecule is CC(C)C(C)OCc1oc2ccccc2c1C(=O)NN. The lowest BCUT2D eigenvalue weighted by Crippen LogP contribution is -2.30. The molecule has 0 aliphatic carbocycles.